The summed E-state index contributed by atoms with van der Waals surface area (Å²) in [6.45, 7) is 0. The summed E-state index contributed by atoms with van der Waals surface area (Å²) in [7, 11) is 0. The standard InChI is InChI=1S/C2HFN6O5/c3-2(8(11)12,9(13)14)1(6-10)5-7-4/h10H/b6-1-. The Balaban J connectivity index is 5.52. The summed E-state index contributed by atoms with van der Waals surface area (Å²) < 4.78 is 12.9. The predicted octanol–water partition coefficient (Wildman–Crippen LogP) is 0.261. The van der Waals surface area contributed by atoms with E-state index in [-0.39, 0.29) is 0 Å². The number of rotatable bonds is 3. The van der Waals surface area contributed by atoms with Crippen molar-refractivity contribution in [2.24, 2.45) is 10.3 Å². The van der Waals surface area contributed by atoms with Crippen LogP contribution in [0.15, 0.2) is 10.3 Å². The molecule has 0 spiro atoms. The van der Waals surface area contributed by atoms with E-state index >= 15 is 0 Å². The summed E-state index contributed by atoms with van der Waals surface area (Å²) in [5, 5.41) is 31.9. The molecule has 14 heavy (non-hydrogen) atoms. The van der Waals surface area contributed by atoms with Crippen molar-refractivity contribution in [2.75, 3.05) is 0 Å². The van der Waals surface area contributed by atoms with Gasteiger partial charge in [0, 0.05) is 4.91 Å². The maximum Gasteiger partial charge on any atom is 0.666 e. The van der Waals surface area contributed by atoms with Gasteiger partial charge in [0.2, 0.25) is 0 Å². The molecule has 0 aliphatic heterocycles. The van der Waals surface area contributed by atoms with Crippen molar-refractivity contribution in [3.8, 4) is 0 Å². The normalized spacial score (nSPS) is 11.6. The van der Waals surface area contributed by atoms with Crippen molar-refractivity contribution < 1.29 is 19.4 Å². The zero-order valence-corrected chi connectivity index (χ0v) is 6.14. The Morgan fingerprint density at radius 3 is 2.14 bits per heavy atom. The molecule has 0 aliphatic rings. The number of alkyl halides is 1. The molecule has 0 rings (SSSR count). The van der Waals surface area contributed by atoms with Crippen LogP contribution in [0.25, 0.3) is 10.4 Å². The molecule has 0 heterocycles. The third-order valence-corrected chi connectivity index (χ3v) is 1.00. The molecular weight excluding hydrogens is 207 g/mol. The summed E-state index contributed by atoms with van der Waals surface area (Å²) in [5.74, 6) is -6.36. The minimum absolute atomic E-state index is 1.82. The second-order valence-corrected chi connectivity index (χ2v) is 1.71. The van der Waals surface area contributed by atoms with Gasteiger partial charge in [0.15, 0.2) is 0 Å². The molecular formula is C2HFN6O5. The van der Waals surface area contributed by atoms with E-state index in [1.807, 2.05) is 10.1 Å². The first-order valence-corrected chi connectivity index (χ1v) is 2.66. The molecule has 0 aromatic rings. The Hall–Kier alpha value is -2.49. The first-order valence-electron chi connectivity index (χ1n) is 2.66. The highest BCUT2D eigenvalue weighted by Gasteiger charge is 2.64. The van der Waals surface area contributed by atoms with Crippen LogP contribution in [0, 0.1) is 20.2 Å². The van der Waals surface area contributed by atoms with Gasteiger partial charge in [-0.25, -0.2) is 0 Å². The highest BCUT2D eigenvalue weighted by atomic mass is 19.2. The minimum Gasteiger partial charge on any atom is -0.410 e. The quantitative estimate of drug-likeness (QED) is 0.0668. The van der Waals surface area contributed by atoms with Crippen LogP contribution in [0.4, 0.5) is 4.39 Å². The summed E-state index contributed by atoms with van der Waals surface area (Å²) in [5.41, 5.74) is 7.75. The van der Waals surface area contributed by atoms with Crippen molar-refractivity contribution >= 4 is 5.84 Å². The highest BCUT2D eigenvalue weighted by Crippen LogP contribution is 2.16. The Bertz CT molecular complexity index is 330. The molecule has 0 atom stereocenters. The van der Waals surface area contributed by atoms with Crippen LogP contribution in [-0.4, -0.2) is 26.8 Å². The molecule has 0 saturated heterocycles. The maximum atomic E-state index is 12.9. The second kappa shape index (κ2) is 3.95. The van der Waals surface area contributed by atoms with Crippen LogP contribution in [0.1, 0.15) is 0 Å². The van der Waals surface area contributed by atoms with Gasteiger partial charge in [0.25, 0.3) is 0 Å². The van der Waals surface area contributed by atoms with E-state index in [1.54, 1.807) is 0 Å². The van der Waals surface area contributed by atoms with Gasteiger partial charge in [0.1, 0.15) is 9.85 Å². The Labute approximate surface area is 73.4 Å². The van der Waals surface area contributed by atoms with Crippen molar-refractivity contribution in [1.82, 2.24) is 0 Å². The average molecular weight is 208 g/mol. The van der Waals surface area contributed by atoms with E-state index in [0.29, 0.717) is 0 Å². The monoisotopic (exact) mass is 208 g/mol. The molecule has 0 radical (unpaired) electrons. The SMILES string of the molecule is [N-]=[N+]=N/C(=N\O)C(F)([N+](=O)[O-])[N+](=O)[O-]. The van der Waals surface area contributed by atoms with Gasteiger partial charge >= 0.3 is 11.8 Å². The Kier molecular flexibility index (Phi) is 3.25. The van der Waals surface area contributed by atoms with E-state index in [0.717, 1.165) is 0 Å². The lowest BCUT2D eigenvalue weighted by molar-refractivity contribution is -0.805. The van der Waals surface area contributed by atoms with E-state index in [9.17, 15) is 24.6 Å². The summed E-state index contributed by atoms with van der Waals surface area (Å²) in [6.07, 6.45) is 0. The lowest BCUT2D eigenvalue weighted by Gasteiger charge is -2.04. The van der Waals surface area contributed by atoms with E-state index in [4.69, 9.17) is 10.7 Å². The molecule has 12 heteroatoms. The topological polar surface area (TPSA) is 168 Å². The first kappa shape index (κ1) is 11.5. The minimum atomic E-state index is -4.46. The summed E-state index contributed by atoms with van der Waals surface area (Å²) >= 11 is 0. The van der Waals surface area contributed by atoms with Crippen LogP contribution >= 0.6 is 0 Å². The predicted molar refractivity (Wildman–Crippen MR) is 36.2 cm³/mol. The zero-order valence-electron chi connectivity index (χ0n) is 6.14. The third-order valence-electron chi connectivity index (χ3n) is 1.00. The van der Waals surface area contributed by atoms with Crippen LogP contribution in [0.3, 0.4) is 0 Å². The molecule has 0 amide bonds. The van der Waals surface area contributed by atoms with Crippen molar-refractivity contribution in [2.45, 2.75) is 5.92 Å². The van der Waals surface area contributed by atoms with Crippen molar-refractivity contribution in [1.29, 1.82) is 0 Å². The lowest BCUT2D eigenvalue weighted by Crippen LogP contribution is -2.48. The van der Waals surface area contributed by atoms with Crippen LogP contribution < -0.4 is 0 Å². The number of nitro groups is 2. The van der Waals surface area contributed by atoms with Gasteiger partial charge in [-0.1, -0.05) is 9.55 Å². The number of azide groups is 1. The number of oxime groups is 1. The van der Waals surface area contributed by atoms with Gasteiger partial charge < -0.3 is 5.21 Å². The zero-order chi connectivity index (χ0) is 11.4. The lowest BCUT2D eigenvalue weighted by atomic mass is 10.4. The fraction of sp³-hybridized carbons (Fsp3) is 0.500. The summed E-state index contributed by atoms with van der Waals surface area (Å²) in [6, 6.07) is 0. The van der Waals surface area contributed by atoms with Gasteiger partial charge in [-0.3, -0.25) is 20.2 Å². The van der Waals surface area contributed by atoms with Gasteiger partial charge in [0.05, 0.1) is 0 Å². The fourth-order valence-electron chi connectivity index (χ4n) is 0.420. The Morgan fingerprint density at radius 2 is 1.93 bits per heavy atom. The molecule has 0 saturated carbocycles. The Morgan fingerprint density at radius 1 is 1.50 bits per heavy atom. The first-order chi connectivity index (χ1) is 6.41. The number of halogens is 1. The highest BCUT2D eigenvalue weighted by molar-refractivity contribution is 5.87. The molecule has 0 aromatic carbocycles. The largest absolute Gasteiger partial charge is 0.666 e. The molecule has 0 aliphatic carbocycles. The van der Waals surface area contributed by atoms with E-state index in [2.05, 4.69) is 5.11 Å². The van der Waals surface area contributed by atoms with Crippen molar-refractivity contribution in [3.63, 3.8) is 0 Å². The van der Waals surface area contributed by atoms with Crippen LogP contribution in [0.5, 0.6) is 0 Å². The van der Waals surface area contributed by atoms with Crippen molar-refractivity contribution in [3.05, 3.63) is 30.7 Å². The molecule has 0 aromatic heterocycles. The molecule has 0 fully saturated rings. The number of nitrogens with zero attached hydrogens (tertiary/aromatic N) is 6. The smallest absolute Gasteiger partial charge is 0.410 e. The summed E-state index contributed by atoms with van der Waals surface area (Å²) in [4.78, 5) is 17.7. The molecule has 0 bridgehead atoms. The number of hydrogen-bond acceptors (Lipinski definition) is 6. The molecule has 76 valence electrons. The third kappa shape index (κ3) is 1.64. The molecule has 1 N–H and O–H groups in total. The number of amidine groups is 1. The van der Waals surface area contributed by atoms with Gasteiger partial charge in [-0.2, -0.15) is 0 Å². The maximum absolute atomic E-state index is 12.9. The number of hydrogen-bond donors (Lipinski definition) is 1. The van der Waals surface area contributed by atoms with E-state index in [1.165, 1.54) is 0 Å². The second-order valence-electron chi connectivity index (χ2n) is 1.71. The van der Waals surface area contributed by atoms with E-state index < -0.39 is 21.6 Å². The van der Waals surface area contributed by atoms with Crippen LogP contribution in [0.2, 0.25) is 0 Å². The average Bonchev–Trinajstić information content (AvgIpc) is 2.12. The molecule has 11 nitrogen and oxygen atoms in total. The van der Waals surface area contributed by atoms with Gasteiger partial charge in [-0.15, -0.1) is 0 Å². The fourth-order valence-corrected chi connectivity index (χ4v) is 0.420. The molecule has 0 unspecified atom stereocenters. The van der Waals surface area contributed by atoms with Gasteiger partial charge in [-0.05, 0) is 10.6 Å². The van der Waals surface area contributed by atoms with Crippen LogP contribution in [-0.2, 0) is 0 Å².